The van der Waals surface area contributed by atoms with Crippen molar-refractivity contribution in [3.05, 3.63) is 76.3 Å². The zero-order valence-corrected chi connectivity index (χ0v) is 25.8. The van der Waals surface area contributed by atoms with E-state index in [0.29, 0.717) is 50.4 Å². The second kappa shape index (κ2) is 12.0. The molecule has 5 aromatic rings. The van der Waals surface area contributed by atoms with Gasteiger partial charge in [-0.2, -0.15) is 18.3 Å². The fourth-order valence-corrected chi connectivity index (χ4v) is 7.21. The first-order valence-corrected chi connectivity index (χ1v) is 15.8. The van der Waals surface area contributed by atoms with Crippen LogP contribution in [0.1, 0.15) is 29.8 Å². The number of nitrogens with one attached hydrogen (secondary N) is 2. The average Bonchev–Trinajstić information content (AvgIpc) is 3.68. The number of benzene rings is 2. The summed E-state index contributed by atoms with van der Waals surface area (Å²) in [5.41, 5.74) is 4.98. The number of hydrogen-bond donors (Lipinski definition) is 2. The van der Waals surface area contributed by atoms with E-state index in [1.54, 1.807) is 12.1 Å². The van der Waals surface area contributed by atoms with E-state index in [1.807, 2.05) is 35.2 Å². The zero-order valence-electron chi connectivity index (χ0n) is 25.0. The molecule has 240 valence electrons. The largest absolute Gasteiger partial charge is 0.490 e. The first-order chi connectivity index (χ1) is 22.1. The topological polar surface area (TPSA) is 73.2 Å². The molecule has 1 unspecified atom stereocenters. The third kappa shape index (κ3) is 5.55. The van der Waals surface area contributed by atoms with Crippen LogP contribution in [0.3, 0.4) is 0 Å². The molecular weight excluding hydrogens is 625 g/mol. The number of ether oxygens (including phenoxy) is 2. The summed E-state index contributed by atoms with van der Waals surface area (Å²) in [4.78, 5) is 5.13. The number of methoxy groups -OCH3 is 1. The van der Waals surface area contributed by atoms with E-state index >= 15 is 4.39 Å². The van der Waals surface area contributed by atoms with Crippen LogP contribution in [0, 0.1) is 11.6 Å². The van der Waals surface area contributed by atoms with Crippen molar-refractivity contribution < 1.29 is 31.4 Å². The molecule has 0 radical (unpaired) electrons. The second-order valence-corrected chi connectivity index (χ2v) is 12.4. The molecule has 2 atom stereocenters. The third-order valence-corrected chi connectivity index (χ3v) is 9.46. The van der Waals surface area contributed by atoms with Crippen molar-refractivity contribution in [3.63, 3.8) is 0 Å². The van der Waals surface area contributed by atoms with Gasteiger partial charge in [0.25, 0.3) is 0 Å². The number of alkyl halides is 3. The Hall–Kier alpha value is -3.91. The molecule has 2 aliphatic heterocycles. The van der Waals surface area contributed by atoms with E-state index in [-0.39, 0.29) is 43.5 Å². The van der Waals surface area contributed by atoms with Crippen LogP contribution in [0.25, 0.3) is 43.9 Å². The van der Waals surface area contributed by atoms with Crippen molar-refractivity contribution in [2.24, 2.45) is 0 Å². The number of nitrogens with zero attached hydrogens (tertiary/aromatic N) is 3. The van der Waals surface area contributed by atoms with Gasteiger partial charge in [-0.3, -0.25) is 4.68 Å². The number of fused-ring (bicyclic) bond motifs is 3. The molecule has 2 N–H and O–H groups in total. The summed E-state index contributed by atoms with van der Waals surface area (Å²) in [6.07, 6.45) is -4.50. The summed E-state index contributed by atoms with van der Waals surface area (Å²) in [7, 11) is 1.51. The van der Waals surface area contributed by atoms with Crippen molar-refractivity contribution >= 4 is 21.4 Å². The summed E-state index contributed by atoms with van der Waals surface area (Å²) in [6, 6.07) is 9.56. The Bertz CT molecular complexity index is 1940. The van der Waals surface area contributed by atoms with Gasteiger partial charge in [0.05, 0.1) is 30.1 Å². The van der Waals surface area contributed by atoms with Gasteiger partial charge in [0.15, 0.2) is 0 Å². The SMILES string of the molecule is COCCOc1cc(F)cc(F)c1-c1c(-c2cc3n(n2)CCN[C@@H]3C)nc(-c2ccc3c(c2)CNC(C(F)(F)F)C3)c2ccsc12. The summed E-state index contributed by atoms with van der Waals surface area (Å²) in [6.45, 7) is 3.74. The van der Waals surface area contributed by atoms with Crippen LogP contribution < -0.4 is 15.4 Å². The van der Waals surface area contributed by atoms with Gasteiger partial charge >= 0.3 is 6.18 Å². The van der Waals surface area contributed by atoms with E-state index < -0.39 is 23.9 Å². The number of halogens is 5. The lowest BCUT2D eigenvalue weighted by Crippen LogP contribution is -2.46. The lowest BCUT2D eigenvalue weighted by Gasteiger charge is -2.28. The van der Waals surface area contributed by atoms with Gasteiger partial charge in [-0.05, 0) is 48.1 Å². The maximum atomic E-state index is 16.0. The number of hydrogen-bond acceptors (Lipinski definition) is 7. The van der Waals surface area contributed by atoms with E-state index in [9.17, 15) is 17.6 Å². The lowest BCUT2D eigenvalue weighted by molar-refractivity contribution is -0.157. The molecule has 0 spiro atoms. The van der Waals surface area contributed by atoms with Crippen LogP contribution in [0.15, 0.2) is 47.8 Å². The Morgan fingerprint density at radius 2 is 1.85 bits per heavy atom. The van der Waals surface area contributed by atoms with E-state index in [1.165, 1.54) is 18.4 Å². The molecule has 5 heterocycles. The van der Waals surface area contributed by atoms with Crippen molar-refractivity contribution in [1.29, 1.82) is 0 Å². The predicted molar refractivity (Wildman–Crippen MR) is 166 cm³/mol. The zero-order chi connectivity index (χ0) is 32.2. The normalized spacial score (nSPS) is 18.1. The Morgan fingerprint density at radius 1 is 1.00 bits per heavy atom. The van der Waals surface area contributed by atoms with Crippen molar-refractivity contribution in [2.75, 3.05) is 26.9 Å². The molecule has 0 amide bonds. The van der Waals surface area contributed by atoms with Crippen LogP contribution >= 0.6 is 11.3 Å². The predicted octanol–water partition coefficient (Wildman–Crippen LogP) is 7.04. The standard InChI is InChI=1S/C33H30F5N5O2S/c1-17-25-15-24(42-43(25)7-6-39-17)31-29(28-23(35)13-21(34)14-26(28)45-9-8-44-2)32-22(5-10-46-32)30(41-31)19-4-3-18-12-27(33(36,37)38)40-16-20(18)11-19/h3-5,10-11,13-15,17,27,39-40H,6-9,12,16H2,1-2H3/t17-,27?/m1/s1. The number of rotatable bonds is 7. The highest BCUT2D eigenvalue weighted by Crippen LogP contribution is 2.47. The lowest BCUT2D eigenvalue weighted by atomic mass is 9.91. The van der Waals surface area contributed by atoms with Crippen LogP contribution in [-0.2, 0) is 24.2 Å². The fraction of sp³-hybridized carbons (Fsp3) is 0.333. The van der Waals surface area contributed by atoms with Gasteiger partial charge in [0.2, 0.25) is 0 Å². The molecule has 3 aromatic heterocycles. The quantitative estimate of drug-likeness (QED) is 0.145. The van der Waals surface area contributed by atoms with E-state index in [0.717, 1.165) is 29.9 Å². The summed E-state index contributed by atoms with van der Waals surface area (Å²) in [5.74, 6) is -1.58. The molecule has 2 aromatic carbocycles. The van der Waals surface area contributed by atoms with E-state index in [2.05, 4.69) is 10.6 Å². The number of aromatic nitrogens is 3. The van der Waals surface area contributed by atoms with Crippen LogP contribution in [-0.4, -0.2) is 53.9 Å². The highest BCUT2D eigenvalue weighted by molar-refractivity contribution is 7.18. The summed E-state index contributed by atoms with van der Waals surface area (Å²) in [5, 5.41) is 13.5. The monoisotopic (exact) mass is 655 g/mol. The third-order valence-electron chi connectivity index (χ3n) is 8.53. The van der Waals surface area contributed by atoms with Crippen LogP contribution in [0.4, 0.5) is 22.0 Å². The Labute approximate surface area is 265 Å². The number of pyridine rings is 1. The molecular formula is C33H30F5N5O2S. The molecule has 0 bridgehead atoms. The molecule has 0 saturated heterocycles. The molecule has 0 aliphatic carbocycles. The molecule has 7 nitrogen and oxygen atoms in total. The summed E-state index contributed by atoms with van der Waals surface area (Å²) < 4.78 is 84.4. The van der Waals surface area contributed by atoms with Crippen molar-refractivity contribution in [2.45, 2.75) is 44.7 Å². The minimum absolute atomic E-state index is 0.0122. The Balaban J connectivity index is 1.45. The van der Waals surface area contributed by atoms with Crippen LogP contribution in [0.2, 0.25) is 0 Å². The second-order valence-electron chi connectivity index (χ2n) is 11.5. The smallest absolute Gasteiger partial charge is 0.404 e. The van der Waals surface area contributed by atoms with Gasteiger partial charge in [-0.25, -0.2) is 13.8 Å². The van der Waals surface area contributed by atoms with E-state index in [4.69, 9.17) is 19.6 Å². The molecule has 13 heteroatoms. The van der Waals surface area contributed by atoms with Gasteiger partial charge < -0.3 is 20.1 Å². The van der Waals surface area contributed by atoms with Gasteiger partial charge in [0.1, 0.15) is 41.4 Å². The van der Waals surface area contributed by atoms with Gasteiger partial charge in [-0.15, -0.1) is 11.3 Å². The van der Waals surface area contributed by atoms with Crippen molar-refractivity contribution in [1.82, 2.24) is 25.4 Å². The van der Waals surface area contributed by atoms with Crippen molar-refractivity contribution in [3.8, 4) is 39.5 Å². The average molecular weight is 656 g/mol. The minimum Gasteiger partial charge on any atom is -0.490 e. The van der Waals surface area contributed by atoms with Gasteiger partial charge in [0, 0.05) is 59.6 Å². The highest BCUT2D eigenvalue weighted by Gasteiger charge is 2.41. The minimum atomic E-state index is -4.34. The molecule has 46 heavy (non-hydrogen) atoms. The number of thiophene rings is 1. The first kappa shape index (κ1) is 30.7. The maximum absolute atomic E-state index is 16.0. The molecule has 2 aliphatic rings. The molecule has 0 saturated carbocycles. The fourth-order valence-electron chi connectivity index (χ4n) is 6.26. The Kier molecular flexibility index (Phi) is 8.04. The first-order valence-electron chi connectivity index (χ1n) is 14.9. The van der Waals surface area contributed by atoms with Gasteiger partial charge in [-0.1, -0.05) is 12.1 Å². The van der Waals surface area contributed by atoms with Crippen LogP contribution in [0.5, 0.6) is 5.75 Å². The molecule has 0 fully saturated rings. The molecule has 7 rings (SSSR count). The highest BCUT2D eigenvalue weighted by atomic mass is 32.1. The Morgan fingerprint density at radius 3 is 2.63 bits per heavy atom. The maximum Gasteiger partial charge on any atom is 0.404 e. The summed E-state index contributed by atoms with van der Waals surface area (Å²) >= 11 is 1.38.